The number of benzene rings is 2. The molecule has 2 aromatic carbocycles. The summed E-state index contributed by atoms with van der Waals surface area (Å²) < 4.78 is 33.2. The quantitative estimate of drug-likeness (QED) is 0.651. The molecular formula is C25H31N3O5S. The van der Waals surface area contributed by atoms with Crippen LogP contribution >= 0.6 is 0 Å². The van der Waals surface area contributed by atoms with Crippen LogP contribution in [0, 0.1) is 5.92 Å². The van der Waals surface area contributed by atoms with E-state index in [4.69, 9.17) is 4.74 Å². The maximum Gasteiger partial charge on any atom is 0.243 e. The number of hydrogen-bond acceptors (Lipinski definition) is 5. The highest BCUT2D eigenvalue weighted by molar-refractivity contribution is 7.89. The van der Waals surface area contributed by atoms with Gasteiger partial charge in [0.2, 0.25) is 21.8 Å². The maximum atomic E-state index is 13.1. The van der Waals surface area contributed by atoms with Crippen LogP contribution < -0.4 is 15.0 Å². The number of ether oxygens (including phenoxy) is 1. The number of piperidine rings is 1. The minimum absolute atomic E-state index is 0.128. The van der Waals surface area contributed by atoms with Crippen molar-refractivity contribution < 1.29 is 22.7 Å². The molecule has 2 amide bonds. The van der Waals surface area contributed by atoms with E-state index in [1.54, 1.807) is 29.6 Å². The number of aryl methyl sites for hydroxylation is 1. The lowest BCUT2D eigenvalue weighted by Gasteiger charge is -2.31. The Morgan fingerprint density at radius 2 is 1.85 bits per heavy atom. The third-order valence-electron chi connectivity index (χ3n) is 6.60. The van der Waals surface area contributed by atoms with Gasteiger partial charge in [0, 0.05) is 37.3 Å². The van der Waals surface area contributed by atoms with E-state index in [2.05, 4.69) is 12.2 Å². The summed E-state index contributed by atoms with van der Waals surface area (Å²) in [6, 6.07) is 12.3. The first-order valence-corrected chi connectivity index (χ1v) is 13.1. The minimum Gasteiger partial charge on any atom is -0.496 e. The molecule has 2 aliphatic rings. The van der Waals surface area contributed by atoms with E-state index in [1.165, 1.54) is 4.90 Å². The number of methoxy groups -OCH3 is 1. The number of anilines is 1. The fourth-order valence-corrected chi connectivity index (χ4v) is 6.01. The van der Waals surface area contributed by atoms with Crippen molar-refractivity contribution in [2.24, 2.45) is 5.92 Å². The molecule has 0 bridgehead atoms. The van der Waals surface area contributed by atoms with Gasteiger partial charge in [0.1, 0.15) is 12.3 Å². The van der Waals surface area contributed by atoms with Gasteiger partial charge in [0.25, 0.3) is 0 Å². The molecule has 1 saturated heterocycles. The van der Waals surface area contributed by atoms with Crippen molar-refractivity contribution in [3.63, 3.8) is 0 Å². The molecule has 2 aliphatic heterocycles. The number of nitrogens with zero attached hydrogens (tertiary/aromatic N) is 2. The van der Waals surface area contributed by atoms with Crippen molar-refractivity contribution in [3.05, 3.63) is 53.6 Å². The number of rotatable bonds is 7. The van der Waals surface area contributed by atoms with Crippen LogP contribution in [0.1, 0.15) is 37.3 Å². The first-order valence-electron chi connectivity index (χ1n) is 11.6. The van der Waals surface area contributed by atoms with Crippen molar-refractivity contribution >= 4 is 27.5 Å². The number of nitrogens with one attached hydrogen (secondary N) is 1. The number of amides is 2. The van der Waals surface area contributed by atoms with Gasteiger partial charge < -0.3 is 15.0 Å². The van der Waals surface area contributed by atoms with Crippen molar-refractivity contribution in [2.75, 3.05) is 31.6 Å². The van der Waals surface area contributed by atoms with Gasteiger partial charge in [0.05, 0.1) is 12.0 Å². The van der Waals surface area contributed by atoms with Crippen LogP contribution in [0.2, 0.25) is 0 Å². The summed E-state index contributed by atoms with van der Waals surface area (Å²) in [6.45, 7) is 3.34. The molecule has 0 radical (unpaired) electrons. The van der Waals surface area contributed by atoms with E-state index in [9.17, 15) is 18.0 Å². The SMILES string of the molecule is COc1ccccc1CNC(=O)CN1C(=O)CCc2cc(S(=O)(=O)N3CCC(C)CC3)ccc21. The van der Waals surface area contributed by atoms with Gasteiger partial charge in [-0.25, -0.2) is 8.42 Å². The van der Waals surface area contributed by atoms with E-state index in [0.717, 1.165) is 24.0 Å². The van der Waals surface area contributed by atoms with Crippen LogP contribution in [0.25, 0.3) is 0 Å². The van der Waals surface area contributed by atoms with Crippen LogP contribution in [-0.4, -0.2) is 51.3 Å². The first-order chi connectivity index (χ1) is 16.3. The molecule has 0 saturated carbocycles. The fraction of sp³-hybridized carbons (Fsp3) is 0.440. The topological polar surface area (TPSA) is 96.0 Å². The number of fused-ring (bicyclic) bond motifs is 1. The Kier molecular flexibility index (Phi) is 7.23. The predicted octanol–water partition coefficient (Wildman–Crippen LogP) is 2.71. The van der Waals surface area contributed by atoms with Gasteiger partial charge in [-0.05, 0) is 55.0 Å². The second-order valence-electron chi connectivity index (χ2n) is 8.95. The van der Waals surface area contributed by atoms with E-state index in [-0.39, 0.29) is 36.2 Å². The molecule has 2 heterocycles. The lowest BCUT2D eigenvalue weighted by molar-refractivity contribution is -0.124. The number of carbonyl (C=O) groups excluding carboxylic acids is 2. The zero-order valence-corrected chi connectivity index (χ0v) is 20.4. The molecule has 1 N–H and O–H groups in total. The van der Waals surface area contributed by atoms with Crippen LogP contribution in [-0.2, 0) is 32.6 Å². The van der Waals surface area contributed by atoms with Gasteiger partial charge in [0.15, 0.2) is 0 Å². The summed E-state index contributed by atoms with van der Waals surface area (Å²) in [6.07, 6.45) is 2.40. The Bertz CT molecular complexity index is 1170. The highest BCUT2D eigenvalue weighted by Crippen LogP contribution is 2.32. The molecule has 182 valence electrons. The summed E-state index contributed by atoms with van der Waals surface area (Å²) in [4.78, 5) is 27.0. The second kappa shape index (κ2) is 10.1. The van der Waals surface area contributed by atoms with Gasteiger partial charge in [-0.3, -0.25) is 9.59 Å². The molecule has 1 fully saturated rings. The Morgan fingerprint density at radius 3 is 2.59 bits per heavy atom. The molecule has 0 aromatic heterocycles. The van der Waals surface area contributed by atoms with Crippen LogP contribution in [0.4, 0.5) is 5.69 Å². The molecule has 2 aromatic rings. The third kappa shape index (κ3) is 5.10. The first kappa shape index (κ1) is 24.2. The number of para-hydroxylation sites is 1. The number of carbonyl (C=O) groups is 2. The molecule has 9 heteroatoms. The third-order valence-corrected chi connectivity index (χ3v) is 8.50. The van der Waals surface area contributed by atoms with Crippen LogP contribution in [0.3, 0.4) is 0 Å². The molecule has 0 atom stereocenters. The number of hydrogen-bond donors (Lipinski definition) is 1. The second-order valence-corrected chi connectivity index (χ2v) is 10.9. The standard InChI is InChI=1S/C25H31N3O5S/c1-18-11-13-27(14-12-18)34(31,32)21-8-9-22-19(15-21)7-10-25(30)28(22)17-24(29)26-16-20-5-3-4-6-23(20)33-2/h3-6,8-9,15,18H,7,10-14,16-17H2,1-2H3,(H,26,29). The Balaban J connectivity index is 1.47. The monoisotopic (exact) mass is 485 g/mol. The molecule has 4 rings (SSSR count). The van der Waals surface area contributed by atoms with Crippen LogP contribution in [0.5, 0.6) is 5.75 Å². The van der Waals surface area contributed by atoms with E-state index in [0.29, 0.717) is 36.9 Å². The average molecular weight is 486 g/mol. The van der Waals surface area contributed by atoms with Gasteiger partial charge >= 0.3 is 0 Å². The normalized spacial score (nSPS) is 17.4. The van der Waals surface area contributed by atoms with E-state index < -0.39 is 10.0 Å². The zero-order chi connectivity index (χ0) is 24.3. The van der Waals surface area contributed by atoms with Crippen molar-refractivity contribution in [1.82, 2.24) is 9.62 Å². The molecule has 34 heavy (non-hydrogen) atoms. The van der Waals surface area contributed by atoms with Gasteiger partial charge in [-0.1, -0.05) is 25.1 Å². The van der Waals surface area contributed by atoms with Crippen molar-refractivity contribution in [2.45, 2.75) is 44.0 Å². The van der Waals surface area contributed by atoms with Crippen LogP contribution in [0.15, 0.2) is 47.4 Å². The van der Waals surface area contributed by atoms with E-state index >= 15 is 0 Å². The smallest absolute Gasteiger partial charge is 0.243 e. The molecule has 0 spiro atoms. The summed E-state index contributed by atoms with van der Waals surface area (Å²) in [5, 5.41) is 2.84. The highest BCUT2D eigenvalue weighted by atomic mass is 32.2. The minimum atomic E-state index is -3.58. The zero-order valence-electron chi connectivity index (χ0n) is 19.6. The number of sulfonamides is 1. The van der Waals surface area contributed by atoms with Crippen molar-refractivity contribution in [3.8, 4) is 5.75 Å². The largest absolute Gasteiger partial charge is 0.496 e. The maximum absolute atomic E-state index is 13.1. The summed E-state index contributed by atoms with van der Waals surface area (Å²) in [7, 11) is -2.01. The lowest BCUT2D eigenvalue weighted by atomic mass is 10.0. The average Bonchev–Trinajstić information content (AvgIpc) is 2.84. The van der Waals surface area contributed by atoms with E-state index in [1.807, 2.05) is 24.3 Å². The molecule has 0 unspecified atom stereocenters. The Morgan fingerprint density at radius 1 is 1.12 bits per heavy atom. The van der Waals surface area contributed by atoms with Gasteiger partial charge in [-0.2, -0.15) is 4.31 Å². The Hall–Kier alpha value is -2.91. The predicted molar refractivity (Wildman–Crippen MR) is 129 cm³/mol. The molecular weight excluding hydrogens is 454 g/mol. The van der Waals surface area contributed by atoms with Gasteiger partial charge in [-0.15, -0.1) is 0 Å². The highest BCUT2D eigenvalue weighted by Gasteiger charge is 2.31. The summed E-state index contributed by atoms with van der Waals surface area (Å²) in [5.74, 6) is 0.759. The molecule has 0 aliphatic carbocycles. The summed E-state index contributed by atoms with van der Waals surface area (Å²) in [5.41, 5.74) is 2.20. The Labute approximate surface area is 200 Å². The van der Waals surface area contributed by atoms with Crippen molar-refractivity contribution in [1.29, 1.82) is 0 Å². The fourth-order valence-electron chi connectivity index (χ4n) is 4.49. The lowest BCUT2D eigenvalue weighted by Crippen LogP contribution is -2.43. The summed E-state index contributed by atoms with van der Waals surface area (Å²) >= 11 is 0. The molecule has 8 nitrogen and oxygen atoms in total.